The lowest BCUT2D eigenvalue weighted by Gasteiger charge is -2.36. The summed E-state index contributed by atoms with van der Waals surface area (Å²) in [5.74, 6) is -0.305. The number of hydrogen-bond acceptors (Lipinski definition) is 7. The van der Waals surface area contributed by atoms with Crippen LogP contribution in [0.25, 0.3) is 0 Å². The number of hydroxylamine groups is 1. The van der Waals surface area contributed by atoms with Gasteiger partial charge in [0.1, 0.15) is 17.5 Å². The lowest BCUT2D eigenvalue weighted by Crippen LogP contribution is -2.56. The Morgan fingerprint density at radius 3 is 2.12 bits per heavy atom. The Kier molecular flexibility index (Phi) is 8.02. The first kappa shape index (κ1) is 25.7. The third-order valence-electron chi connectivity index (χ3n) is 5.18. The van der Waals surface area contributed by atoms with Crippen LogP contribution >= 0.6 is 0 Å². The van der Waals surface area contributed by atoms with E-state index in [9.17, 15) is 26.4 Å². The minimum atomic E-state index is -4.46. The van der Waals surface area contributed by atoms with Crippen LogP contribution in [0.4, 0.5) is 18.9 Å². The number of nitrogens with zero attached hydrogens (tertiary/aromatic N) is 2. The molecule has 1 amide bonds. The molecular weight excluding hydrogens is 479 g/mol. The number of halogens is 3. The van der Waals surface area contributed by atoms with E-state index in [2.05, 4.69) is 0 Å². The van der Waals surface area contributed by atoms with Crippen molar-refractivity contribution in [1.29, 1.82) is 0 Å². The molecule has 2 aromatic rings. The van der Waals surface area contributed by atoms with E-state index in [1.54, 1.807) is 10.4 Å². The van der Waals surface area contributed by atoms with Gasteiger partial charge in [-0.25, -0.2) is 13.9 Å². The van der Waals surface area contributed by atoms with Crippen LogP contribution in [0, 0.1) is 0 Å². The molecule has 0 bridgehead atoms. The molecule has 34 heavy (non-hydrogen) atoms. The van der Waals surface area contributed by atoms with Crippen molar-refractivity contribution in [2.75, 3.05) is 43.4 Å². The van der Waals surface area contributed by atoms with E-state index in [1.165, 1.54) is 36.4 Å². The molecule has 9 nitrogen and oxygen atoms in total. The predicted molar refractivity (Wildman–Crippen MR) is 116 cm³/mol. The van der Waals surface area contributed by atoms with Crippen molar-refractivity contribution in [3.05, 3.63) is 54.1 Å². The van der Waals surface area contributed by atoms with Gasteiger partial charge in [-0.1, -0.05) is 0 Å². The van der Waals surface area contributed by atoms with E-state index in [1.807, 2.05) is 0 Å². The highest BCUT2D eigenvalue weighted by molar-refractivity contribution is 7.92. The maximum Gasteiger partial charge on any atom is 0.416 e. The van der Waals surface area contributed by atoms with Gasteiger partial charge in [0.2, 0.25) is 10.0 Å². The summed E-state index contributed by atoms with van der Waals surface area (Å²) < 4.78 is 75.0. The van der Waals surface area contributed by atoms with Gasteiger partial charge in [0, 0.05) is 13.1 Å². The highest BCUT2D eigenvalue weighted by Gasteiger charge is 2.32. The first-order valence-corrected chi connectivity index (χ1v) is 12.0. The van der Waals surface area contributed by atoms with Gasteiger partial charge in [0.05, 0.1) is 37.3 Å². The Balaban J connectivity index is 1.78. The minimum absolute atomic E-state index is 0.174. The van der Waals surface area contributed by atoms with Gasteiger partial charge in [-0.3, -0.25) is 19.2 Å². The lowest BCUT2D eigenvalue weighted by atomic mass is 10.2. The molecule has 0 aliphatic carbocycles. The monoisotopic (exact) mass is 503 g/mol. The minimum Gasteiger partial charge on any atom is -0.457 e. The SMILES string of the molecule is CS(=O)(=O)N(CC(C(=O)NO)N1CCOCC1)c1ccc(Oc2ccc(C(F)(F)F)cc2)cc1. The second kappa shape index (κ2) is 10.6. The topological polar surface area (TPSA) is 108 Å². The molecule has 0 radical (unpaired) electrons. The average molecular weight is 503 g/mol. The van der Waals surface area contributed by atoms with Crippen LogP contribution in [-0.4, -0.2) is 69.6 Å². The summed E-state index contributed by atoms with van der Waals surface area (Å²) in [5.41, 5.74) is 1.02. The number of morpholine rings is 1. The molecule has 1 aliphatic rings. The second-order valence-electron chi connectivity index (χ2n) is 7.55. The number of nitrogens with one attached hydrogen (secondary N) is 1. The van der Waals surface area contributed by atoms with E-state index in [0.29, 0.717) is 26.3 Å². The van der Waals surface area contributed by atoms with Crippen molar-refractivity contribution < 1.29 is 41.1 Å². The maximum atomic E-state index is 12.7. The van der Waals surface area contributed by atoms with Gasteiger partial charge in [-0.15, -0.1) is 0 Å². The van der Waals surface area contributed by atoms with Gasteiger partial charge < -0.3 is 9.47 Å². The summed E-state index contributed by atoms with van der Waals surface area (Å²) in [5, 5.41) is 9.16. The largest absolute Gasteiger partial charge is 0.457 e. The average Bonchev–Trinajstić information content (AvgIpc) is 2.79. The van der Waals surface area contributed by atoms with E-state index in [4.69, 9.17) is 14.7 Å². The molecule has 0 saturated carbocycles. The number of benzene rings is 2. The molecule has 1 atom stereocenters. The number of anilines is 1. The Morgan fingerprint density at radius 1 is 1.12 bits per heavy atom. The van der Waals surface area contributed by atoms with E-state index >= 15 is 0 Å². The number of rotatable bonds is 8. The second-order valence-corrected chi connectivity index (χ2v) is 9.46. The standard InChI is InChI=1S/C21H24F3N3O6S/c1-34(30,31)27(14-19(20(28)25-29)26-10-12-32-13-11-26)16-4-8-18(9-5-16)33-17-6-2-15(3-7-17)21(22,23)24/h2-9,19,29H,10-14H2,1H3,(H,25,28). The molecule has 0 aromatic heterocycles. The van der Waals surface area contributed by atoms with Crippen molar-refractivity contribution in [1.82, 2.24) is 10.4 Å². The van der Waals surface area contributed by atoms with Crippen LogP contribution in [0.1, 0.15) is 5.56 Å². The zero-order chi connectivity index (χ0) is 24.9. The Bertz CT molecular complexity index is 1070. The molecule has 1 saturated heterocycles. The number of carbonyl (C=O) groups excluding carboxylic acids is 1. The number of ether oxygens (including phenoxy) is 2. The Morgan fingerprint density at radius 2 is 1.65 bits per heavy atom. The first-order valence-electron chi connectivity index (χ1n) is 10.2. The molecule has 1 heterocycles. The number of sulfonamides is 1. The molecule has 13 heteroatoms. The predicted octanol–water partition coefficient (Wildman–Crippen LogP) is 2.47. The van der Waals surface area contributed by atoms with E-state index in [0.717, 1.165) is 22.7 Å². The van der Waals surface area contributed by atoms with E-state index in [-0.39, 0.29) is 23.7 Å². The van der Waals surface area contributed by atoms with Crippen molar-refractivity contribution in [3.63, 3.8) is 0 Å². The molecule has 1 aliphatic heterocycles. The van der Waals surface area contributed by atoms with Crippen LogP contribution in [-0.2, 0) is 25.7 Å². The summed E-state index contributed by atoms with van der Waals surface area (Å²) in [4.78, 5) is 14.0. The van der Waals surface area contributed by atoms with Crippen molar-refractivity contribution >= 4 is 21.6 Å². The molecule has 2 aromatic carbocycles. The van der Waals surface area contributed by atoms with Gasteiger partial charge in [-0.2, -0.15) is 13.2 Å². The van der Waals surface area contributed by atoms with Crippen LogP contribution in [0.2, 0.25) is 0 Å². The summed E-state index contributed by atoms with van der Waals surface area (Å²) in [6.45, 7) is 1.24. The third kappa shape index (κ3) is 6.59. The zero-order valence-electron chi connectivity index (χ0n) is 18.2. The highest BCUT2D eigenvalue weighted by atomic mass is 32.2. The molecular formula is C21H24F3N3O6S. The lowest BCUT2D eigenvalue weighted by molar-refractivity contribution is -0.137. The fraction of sp³-hybridized carbons (Fsp3) is 0.381. The first-order chi connectivity index (χ1) is 16.0. The highest BCUT2D eigenvalue weighted by Crippen LogP contribution is 2.32. The third-order valence-corrected chi connectivity index (χ3v) is 6.34. The molecule has 2 N–H and O–H groups in total. The fourth-order valence-corrected chi connectivity index (χ4v) is 4.36. The van der Waals surface area contributed by atoms with Gasteiger partial charge in [0.25, 0.3) is 5.91 Å². The summed E-state index contributed by atoms with van der Waals surface area (Å²) in [6.07, 6.45) is -3.46. The maximum absolute atomic E-state index is 12.7. The van der Waals surface area contributed by atoms with Gasteiger partial charge in [-0.05, 0) is 48.5 Å². The summed E-state index contributed by atoms with van der Waals surface area (Å²) >= 11 is 0. The van der Waals surface area contributed by atoms with Crippen LogP contribution in [0.5, 0.6) is 11.5 Å². The van der Waals surface area contributed by atoms with Crippen LogP contribution < -0.4 is 14.5 Å². The number of amides is 1. The number of alkyl halides is 3. The smallest absolute Gasteiger partial charge is 0.416 e. The van der Waals surface area contributed by atoms with E-state index < -0.39 is 33.7 Å². The molecule has 1 fully saturated rings. The number of carbonyl (C=O) groups is 1. The molecule has 3 rings (SSSR count). The van der Waals surface area contributed by atoms with Gasteiger partial charge in [0.15, 0.2) is 0 Å². The van der Waals surface area contributed by atoms with Crippen LogP contribution in [0.3, 0.4) is 0 Å². The zero-order valence-corrected chi connectivity index (χ0v) is 19.0. The molecule has 186 valence electrons. The molecule has 0 spiro atoms. The summed E-state index contributed by atoms with van der Waals surface area (Å²) in [7, 11) is -3.82. The van der Waals surface area contributed by atoms with Gasteiger partial charge >= 0.3 is 6.18 Å². The summed E-state index contributed by atoms with van der Waals surface area (Å²) in [6, 6.07) is 9.01. The van der Waals surface area contributed by atoms with Crippen molar-refractivity contribution in [2.45, 2.75) is 12.2 Å². The van der Waals surface area contributed by atoms with Crippen molar-refractivity contribution in [3.8, 4) is 11.5 Å². The Hall–Kier alpha value is -2.87. The van der Waals surface area contributed by atoms with Crippen molar-refractivity contribution in [2.24, 2.45) is 0 Å². The normalized spacial score (nSPS) is 16.0. The van der Waals surface area contributed by atoms with Crippen LogP contribution in [0.15, 0.2) is 48.5 Å². The number of hydrogen-bond donors (Lipinski definition) is 2. The fourth-order valence-electron chi connectivity index (χ4n) is 3.45. The molecule has 1 unspecified atom stereocenters. The Labute approximate surface area is 194 Å². The quantitative estimate of drug-likeness (QED) is 0.421.